The molecule has 2 rings (SSSR count). The molecule has 1 N–H and O–H groups in total. The number of amides is 1. The largest absolute Gasteiger partial charge is 0.434 e. The summed E-state index contributed by atoms with van der Waals surface area (Å²) >= 11 is 0.646. The molecule has 1 aromatic carbocycles. The Labute approximate surface area is 125 Å². The SMILES string of the molecule is Cc1sc(NC(=O)c2ccccc2[N+](=O)[O-])nc1C(F)(F)F. The highest BCUT2D eigenvalue weighted by Gasteiger charge is 2.36. The van der Waals surface area contributed by atoms with Crippen LogP contribution in [0.1, 0.15) is 20.9 Å². The van der Waals surface area contributed by atoms with Crippen LogP contribution in [0.15, 0.2) is 24.3 Å². The van der Waals surface area contributed by atoms with E-state index in [9.17, 15) is 28.1 Å². The smallest absolute Gasteiger partial charge is 0.298 e. The predicted molar refractivity (Wildman–Crippen MR) is 72.9 cm³/mol. The lowest BCUT2D eigenvalue weighted by Crippen LogP contribution is -2.14. The molecule has 6 nitrogen and oxygen atoms in total. The molecule has 1 aromatic heterocycles. The molecule has 10 heteroatoms. The third kappa shape index (κ3) is 3.22. The van der Waals surface area contributed by atoms with Gasteiger partial charge in [-0.1, -0.05) is 12.1 Å². The van der Waals surface area contributed by atoms with Gasteiger partial charge in [0.25, 0.3) is 11.6 Å². The summed E-state index contributed by atoms with van der Waals surface area (Å²) in [5.74, 6) is -0.894. The molecule has 116 valence electrons. The molecule has 0 aliphatic rings. The number of carbonyl (C=O) groups excluding carboxylic acids is 1. The van der Waals surface area contributed by atoms with E-state index in [0.29, 0.717) is 11.3 Å². The Balaban J connectivity index is 2.29. The molecule has 0 aliphatic heterocycles. The first-order valence-corrected chi connectivity index (χ1v) is 6.61. The van der Waals surface area contributed by atoms with Gasteiger partial charge in [0.2, 0.25) is 0 Å². The highest BCUT2D eigenvalue weighted by atomic mass is 32.1. The van der Waals surface area contributed by atoms with E-state index in [1.807, 2.05) is 0 Å². The van der Waals surface area contributed by atoms with E-state index >= 15 is 0 Å². The van der Waals surface area contributed by atoms with Crippen LogP contribution in [-0.2, 0) is 6.18 Å². The van der Waals surface area contributed by atoms with Crippen molar-refractivity contribution in [3.8, 4) is 0 Å². The first kappa shape index (κ1) is 15.9. The van der Waals surface area contributed by atoms with Gasteiger partial charge in [0.05, 0.1) is 4.92 Å². The average Bonchev–Trinajstić information content (AvgIpc) is 2.79. The second-order valence-electron chi connectivity index (χ2n) is 4.15. The van der Waals surface area contributed by atoms with Crippen molar-refractivity contribution >= 4 is 28.1 Å². The normalized spacial score (nSPS) is 11.3. The number of halogens is 3. The number of aromatic nitrogens is 1. The summed E-state index contributed by atoms with van der Waals surface area (Å²) in [6.07, 6.45) is -4.62. The molecule has 2 aromatic rings. The van der Waals surface area contributed by atoms with Crippen LogP contribution in [0.2, 0.25) is 0 Å². The van der Waals surface area contributed by atoms with Gasteiger partial charge >= 0.3 is 6.18 Å². The number of hydrogen-bond acceptors (Lipinski definition) is 5. The van der Waals surface area contributed by atoms with E-state index in [1.165, 1.54) is 25.1 Å². The summed E-state index contributed by atoms with van der Waals surface area (Å²) in [5.41, 5.74) is -1.78. The van der Waals surface area contributed by atoms with Gasteiger partial charge in [0, 0.05) is 10.9 Å². The van der Waals surface area contributed by atoms with Gasteiger partial charge in [-0.05, 0) is 13.0 Å². The first-order chi connectivity index (χ1) is 10.2. The van der Waals surface area contributed by atoms with Gasteiger partial charge in [-0.2, -0.15) is 13.2 Å². The van der Waals surface area contributed by atoms with Crippen LogP contribution >= 0.6 is 11.3 Å². The van der Waals surface area contributed by atoms with Gasteiger partial charge in [-0.15, -0.1) is 11.3 Å². The van der Waals surface area contributed by atoms with E-state index < -0.39 is 28.4 Å². The van der Waals surface area contributed by atoms with Crippen molar-refractivity contribution in [3.63, 3.8) is 0 Å². The van der Waals surface area contributed by atoms with Crippen molar-refractivity contribution in [1.82, 2.24) is 4.98 Å². The van der Waals surface area contributed by atoms with Crippen molar-refractivity contribution in [1.29, 1.82) is 0 Å². The number of aryl methyl sites for hydroxylation is 1. The number of thiazole rings is 1. The van der Waals surface area contributed by atoms with Crippen LogP contribution in [0, 0.1) is 17.0 Å². The number of anilines is 1. The third-order valence-corrected chi connectivity index (χ3v) is 3.52. The fourth-order valence-electron chi connectivity index (χ4n) is 1.70. The molecule has 0 saturated carbocycles. The zero-order valence-corrected chi connectivity index (χ0v) is 11.8. The topological polar surface area (TPSA) is 85.1 Å². The van der Waals surface area contributed by atoms with Crippen molar-refractivity contribution < 1.29 is 22.9 Å². The van der Waals surface area contributed by atoms with E-state index in [2.05, 4.69) is 10.3 Å². The molecule has 1 heterocycles. The minimum atomic E-state index is -4.62. The molecule has 0 bridgehead atoms. The minimum Gasteiger partial charge on any atom is -0.298 e. The van der Waals surface area contributed by atoms with Gasteiger partial charge in [-0.3, -0.25) is 20.2 Å². The van der Waals surface area contributed by atoms with Gasteiger partial charge in [0.1, 0.15) is 5.56 Å². The number of rotatable bonds is 3. The molecule has 0 saturated heterocycles. The third-order valence-electron chi connectivity index (χ3n) is 2.63. The summed E-state index contributed by atoms with van der Waals surface area (Å²) in [5, 5.41) is 12.7. The lowest BCUT2D eigenvalue weighted by molar-refractivity contribution is -0.385. The average molecular weight is 331 g/mol. The van der Waals surface area contributed by atoms with Crippen LogP contribution in [0.3, 0.4) is 0 Å². The quantitative estimate of drug-likeness (QED) is 0.687. The Morgan fingerprint density at radius 2 is 2.00 bits per heavy atom. The Kier molecular flexibility index (Phi) is 4.13. The fourth-order valence-corrected chi connectivity index (χ4v) is 2.53. The summed E-state index contributed by atoms with van der Waals surface area (Å²) in [7, 11) is 0. The number of carbonyl (C=O) groups is 1. The number of nitro benzene ring substituents is 1. The van der Waals surface area contributed by atoms with Crippen molar-refractivity contribution in [3.05, 3.63) is 50.5 Å². The van der Waals surface area contributed by atoms with E-state index in [-0.39, 0.29) is 15.6 Å². The lowest BCUT2D eigenvalue weighted by atomic mass is 10.1. The van der Waals surface area contributed by atoms with Crippen molar-refractivity contribution in [2.45, 2.75) is 13.1 Å². The van der Waals surface area contributed by atoms with Gasteiger partial charge in [0.15, 0.2) is 10.8 Å². The van der Waals surface area contributed by atoms with Crippen molar-refractivity contribution in [2.75, 3.05) is 5.32 Å². The number of nitrogens with one attached hydrogen (secondary N) is 1. The molecule has 0 atom stereocenters. The Morgan fingerprint density at radius 1 is 1.36 bits per heavy atom. The highest BCUT2D eigenvalue weighted by molar-refractivity contribution is 7.15. The maximum Gasteiger partial charge on any atom is 0.434 e. The number of nitrogens with zero attached hydrogens (tertiary/aromatic N) is 2. The van der Waals surface area contributed by atoms with Gasteiger partial charge < -0.3 is 0 Å². The van der Waals surface area contributed by atoms with E-state index in [1.54, 1.807) is 0 Å². The Bertz CT molecular complexity index is 743. The zero-order valence-electron chi connectivity index (χ0n) is 11.0. The Morgan fingerprint density at radius 3 is 2.55 bits per heavy atom. The molecule has 1 amide bonds. The standard InChI is InChI=1S/C12H8F3N3O3S/c1-6-9(12(13,14)15)16-11(22-6)17-10(19)7-4-2-3-5-8(7)18(20)21/h2-5H,1H3,(H,16,17,19). The van der Waals surface area contributed by atoms with Crippen LogP contribution in [0.4, 0.5) is 24.0 Å². The molecule has 0 radical (unpaired) electrons. The molecular weight excluding hydrogens is 323 g/mol. The molecule has 22 heavy (non-hydrogen) atoms. The molecular formula is C12H8F3N3O3S. The lowest BCUT2D eigenvalue weighted by Gasteiger charge is -2.03. The molecule has 0 aliphatic carbocycles. The second-order valence-corrected chi connectivity index (χ2v) is 5.35. The predicted octanol–water partition coefficient (Wildman–Crippen LogP) is 3.63. The zero-order chi connectivity index (χ0) is 16.5. The molecule has 0 spiro atoms. The van der Waals surface area contributed by atoms with Crippen LogP contribution in [-0.4, -0.2) is 15.8 Å². The highest BCUT2D eigenvalue weighted by Crippen LogP contribution is 2.35. The number of para-hydroxylation sites is 1. The van der Waals surface area contributed by atoms with Crippen LogP contribution in [0.5, 0.6) is 0 Å². The summed E-state index contributed by atoms with van der Waals surface area (Å²) in [6.45, 7) is 1.22. The van der Waals surface area contributed by atoms with E-state index in [4.69, 9.17) is 0 Å². The summed E-state index contributed by atoms with van der Waals surface area (Å²) in [6, 6.07) is 5.13. The number of alkyl halides is 3. The number of benzene rings is 1. The van der Waals surface area contributed by atoms with Gasteiger partial charge in [-0.25, -0.2) is 4.98 Å². The molecule has 0 fully saturated rings. The monoisotopic (exact) mass is 331 g/mol. The Hall–Kier alpha value is -2.49. The minimum absolute atomic E-state index is 0.106. The van der Waals surface area contributed by atoms with Crippen LogP contribution < -0.4 is 5.32 Å². The number of hydrogen-bond donors (Lipinski definition) is 1. The maximum atomic E-state index is 12.6. The van der Waals surface area contributed by atoms with Crippen molar-refractivity contribution in [2.24, 2.45) is 0 Å². The number of nitro groups is 1. The van der Waals surface area contributed by atoms with E-state index in [0.717, 1.165) is 6.07 Å². The maximum absolute atomic E-state index is 12.6. The van der Waals surface area contributed by atoms with Crippen LogP contribution in [0.25, 0.3) is 0 Å². The summed E-state index contributed by atoms with van der Waals surface area (Å²) < 4.78 is 37.9. The molecule has 0 unspecified atom stereocenters. The second kappa shape index (κ2) is 5.72. The first-order valence-electron chi connectivity index (χ1n) is 5.79. The fraction of sp³-hybridized carbons (Fsp3) is 0.167. The summed E-state index contributed by atoms with van der Waals surface area (Å²) in [4.78, 5) is 25.3.